The van der Waals surface area contributed by atoms with Gasteiger partial charge in [-0.15, -0.1) is 0 Å². The minimum Gasteiger partial charge on any atom is -0.479 e. The zero-order chi connectivity index (χ0) is 12.3. The third-order valence-electron chi connectivity index (χ3n) is 1.73. The Morgan fingerprint density at radius 3 is 2.19 bits per heavy atom. The van der Waals surface area contributed by atoms with E-state index in [1.807, 2.05) is 0 Å². The predicted molar refractivity (Wildman–Crippen MR) is 59.0 cm³/mol. The first-order valence-corrected chi connectivity index (χ1v) is 5.05. The molecule has 16 heavy (non-hydrogen) atoms. The van der Waals surface area contributed by atoms with Gasteiger partial charge in [-0.3, -0.25) is 0 Å². The zero-order valence-electron chi connectivity index (χ0n) is 8.24. The van der Waals surface area contributed by atoms with Gasteiger partial charge in [0.15, 0.2) is 6.10 Å². The molecule has 4 nitrogen and oxygen atoms in total. The highest BCUT2D eigenvalue weighted by atomic mass is 35.5. The molecule has 0 bridgehead atoms. The highest BCUT2D eigenvalue weighted by Gasteiger charge is 2.18. The molecule has 0 heterocycles. The van der Waals surface area contributed by atoms with Gasteiger partial charge in [0.1, 0.15) is 0 Å². The quantitative estimate of drug-likeness (QED) is 0.851. The van der Waals surface area contributed by atoms with E-state index in [-0.39, 0.29) is 15.6 Å². The fourth-order valence-electron chi connectivity index (χ4n) is 0.951. The summed E-state index contributed by atoms with van der Waals surface area (Å²) in [7, 11) is 0. The van der Waals surface area contributed by atoms with Crippen molar-refractivity contribution in [1.29, 1.82) is 0 Å². The monoisotopic (exact) mass is 262 g/mol. The Morgan fingerprint density at radius 1 is 1.25 bits per heavy atom. The molecule has 1 aromatic carbocycles. The molecule has 0 aliphatic carbocycles. The van der Waals surface area contributed by atoms with Crippen molar-refractivity contribution < 1.29 is 19.4 Å². The van der Waals surface area contributed by atoms with E-state index in [1.165, 1.54) is 25.1 Å². The summed E-state index contributed by atoms with van der Waals surface area (Å²) in [4.78, 5) is 21.9. The first-order valence-electron chi connectivity index (χ1n) is 4.30. The van der Waals surface area contributed by atoms with Crippen LogP contribution in [0.2, 0.25) is 10.0 Å². The molecule has 0 amide bonds. The summed E-state index contributed by atoms with van der Waals surface area (Å²) in [5, 5.41) is 9.12. The number of ether oxygens (including phenoxy) is 1. The summed E-state index contributed by atoms with van der Waals surface area (Å²) >= 11 is 11.4. The zero-order valence-corrected chi connectivity index (χ0v) is 9.75. The number of halogens is 2. The summed E-state index contributed by atoms with van der Waals surface area (Å²) < 4.78 is 4.65. The Bertz CT molecular complexity index is 411. The van der Waals surface area contributed by atoms with Gasteiger partial charge in [0.25, 0.3) is 0 Å². The van der Waals surface area contributed by atoms with Gasteiger partial charge < -0.3 is 9.84 Å². The molecule has 1 aromatic rings. The Kier molecular flexibility index (Phi) is 4.15. The summed E-state index contributed by atoms with van der Waals surface area (Å²) in [6.45, 7) is 1.26. The van der Waals surface area contributed by atoms with Gasteiger partial charge in [-0.2, -0.15) is 0 Å². The minimum atomic E-state index is -1.22. The molecule has 1 N–H and O–H groups in total. The molecule has 0 fully saturated rings. The van der Waals surface area contributed by atoms with Gasteiger partial charge in [-0.25, -0.2) is 9.59 Å². The topological polar surface area (TPSA) is 63.6 Å². The van der Waals surface area contributed by atoms with Gasteiger partial charge in [0.05, 0.1) is 5.56 Å². The lowest BCUT2D eigenvalue weighted by atomic mass is 10.2. The number of carboxylic acid groups (broad SMARTS) is 1. The van der Waals surface area contributed by atoms with Crippen LogP contribution in [0, 0.1) is 0 Å². The molecule has 0 saturated heterocycles. The van der Waals surface area contributed by atoms with Crippen molar-refractivity contribution in [1.82, 2.24) is 0 Å². The van der Waals surface area contributed by atoms with E-state index in [0.29, 0.717) is 0 Å². The number of hydrogen-bond donors (Lipinski definition) is 1. The second-order valence-corrected chi connectivity index (χ2v) is 3.92. The third kappa shape index (κ3) is 3.40. The van der Waals surface area contributed by atoms with Gasteiger partial charge >= 0.3 is 11.9 Å². The van der Waals surface area contributed by atoms with Crippen LogP contribution in [-0.4, -0.2) is 23.1 Å². The lowest BCUT2D eigenvalue weighted by Gasteiger charge is -2.08. The number of rotatable bonds is 3. The van der Waals surface area contributed by atoms with Crippen LogP contribution in [0.25, 0.3) is 0 Å². The molecule has 0 saturated carbocycles. The number of carbonyl (C=O) groups is 2. The van der Waals surface area contributed by atoms with Crippen molar-refractivity contribution in [2.45, 2.75) is 13.0 Å². The number of carbonyl (C=O) groups excluding carboxylic acids is 1. The van der Waals surface area contributed by atoms with E-state index in [2.05, 4.69) is 4.74 Å². The molecule has 0 aromatic heterocycles. The molecule has 1 unspecified atom stereocenters. The number of carboxylic acids is 1. The molecule has 6 heteroatoms. The largest absolute Gasteiger partial charge is 0.479 e. The third-order valence-corrected chi connectivity index (χ3v) is 2.17. The summed E-state index contributed by atoms with van der Waals surface area (Å²) in [5.74, 6) is -2.00. The molecule has 1 rings (SSSR count). The van der Waals surface area contributed by atoms with Crippen LogP contribution in [0.5, 0.6) is 0 Å². The van der Waals surface area contributed by atoms with Crippen LogP contribution in [0.15, 0.2) is 18.2 Å². The Hall–Kier alpha value is -1.26. The maximum Gasteiger partial charge on any atom is 0.344 e. The number of hydrogen-bond acceptors (Lipinski definition) is 3. The smallest absolute Gasteiger partial charge is 0.344 e. The summed E-state index contributed by atoms with van der Waals surface area (Å²) in [6.07, 6.45) is -1.22. The van der Waals surface area contributed by atoms with E-state index in [4.69, 9.17) is 28.3 Å². The van der Waals surface area contributed by atoms with E-state index >= 15 is 0 Å². The van der Waals surface area contributed by atoms with E-state index in [1.54, 1.807) is 0 Å². The second kappa shape index (κ2) is 5.18. The van der Waals surface area contributed by atoms with Gasteiger partial charge in [0, 0.05) is 10.0 Å². The van der Waals surface area contributed by atoms with Crippen molar-refractivity contribution in [2.75, 3.05) is 0 Å². The molecule has 86 valence electrons. The fourth-order valence-corrected chi connectivity index (χ4v) is 1.48. The van der Waals surface area contributed by atoms with Crippen LogP contribution >= 0.6 is 23.2 Å². The normalized spacial score (nSPS) is 11.9. The minimum absolute atomic E-state index is 0.116. The fraction of sp³-hybridized carbons (Fsp3) is 0.200. The lowest BCUT2D eigenvalue weighted by molar-refractivity contribution is -0.146. The Balaban J connectivity index is 2.84. The van der Waals surface area contributed by atoms with Gasteiger partial charge in [-0.05, 0) is 25.1 Å². The highest BCUT2D eigenvalue weighted by Crippen LogP contribution is 2.19. The number of aliphatic carboxylic acids is 1. The molecule has 1 atom stereocenters. The second-order valence-electron chi connectivity index (χ2n) is 3.04. The van der Waals surface area contributed by atoms with Gasteiger partial charge in [0.2, 0.25) is 0 Å². The summed E-state index contributed by atoms with van der Waals surface area (Å²) in [5.41, 5.74) is 0.116. The molecule has 0 aliphatic heterocycles. The van der Waals surface area contributed by atoms with E-state index < -0.39 is 18.0 Å². The van der Waals surface area contributed by atoms with Crippen molar-refractivity contribution in [3.63, 3.8) is 0 Å². The Labute approximate surface area is 102 Å². The lowest BCUT2D eigenvalue weighted by Crippen LogP contribution is -2.23. The summed E-state index contributed by atoms with van der Waals surface area (Å²) in [6, 6.07) is 4.16. The van der Waals surface area contributed by atoms with E-state index in [0.717, 1.165) is 0 Å². The maximum absolute atomic E-state index is 11.5. The van der Waals surface area contributed by atoms with Crippen molar-refractivity contribution >= 4 is 35.1 Å². The highest BCUT2D eigenvalue weighted by molar-refractivity contribution is 6.35. The predicted octanol–water partition coefficient (Wildman–Crippen LogP) is 2.62. The van der Waals surface area contributed by atoms with Crippen molar-refractivity contribution in [2.24, 2.45) is 0 Å². The van der Waals surface area contributed by atoms with E-state index in [9.17, 15) is 9.59 Å². The SMILES string of the molecule is CC(OC(=O)c1cc(Cl)cc(Cl)c1)C(=O)O. The molecule has 0 radical (unpaired) electrons. The number of benzene rings is 1. The molecule has 0 spiro atoms. The van der Waals surface area contributed by atoms with Gasteiger partial charge in [-0.1, -0.05) is 23.2 Å². The van der Waals surface area contributed by atoms with Crippen LogP contribution < -0.4 is 0 Å². The number of esters is 1. The maximum atomic E-state index is 11.5. The van der Waals surface area contributed by atoms with Crippen LogP contribution in [0.3, 0.4) is 0 Å². The van der Waals surface area contributed by atoms with Crippen LogP contribution in [0.1, 0.15) is 17.3 Å². The average Bonchev–Trinajstić information content (AvgIpc) is 2.15. The average molecular weight is 263 g/mol. The van der Waals surface area contributed by atoms with Crippen molar-refractivity contribution in [3.8, 4) is 0 Å². The standard InChI is InChI=1S/C10H8Cl2O4/c1-5(9(13)14)16-10(15)6-2-7(11)4-8(12)3-6/h2-5H,1H3,(H,13,14). The Morgan fingerprint density at radius 2 is 1.75 bits per heavy atom. The van der Waals surface area contributed by atoms with Crippen LogP contribution in [0.4, 0.5) is 0 Å². The first-order chi connectivity index (χ1) is 7.40. The molecular weight excluding hydrogens is 255 g/mol. The van der Waals surface area contributed by atoms with Crippen LogP contribution in [-0.2, 0) is 9.53 Å². The molecular formula is C10H8Cl2O4. The molecule has 0 aliphatic rings. The first kappa shape index (κ1) is 12.8. The van der Waals surface area contributed by atoms with Crippen molar-refractivity contribution in [3.05, 3.63) is 33.8 Å².